The summed E-state index contributed by atoms with van der Waals surface area (Å²) in [4.78, 5) is 5.28. The van der Waals surface area contributed by atoms with E-state index in [1.807, 2.05) is 0 Å². The smallest absolute Gasteiger partial charge is 0.252 e. The summed E-state index contributed by atoms with van der Waals surface area (Å²) in [7, 11) is 0. The molecule has 416 valence electrons. The topological polar surface area (TPSA) is 6.48 Å². The van der Waals surface area contributed by atoms with Gasteiger partial charge in [0, 0.05) is 34.1 Å². The lowest BCUT2D eigenvalue weighted by atomic mass is 9.33. The molecule has 0 fully saturated rings. The summed E-state index contributed by atoms with van der Waals surface area (Å²) in [6.45, 7) is -0.149. The first-order valence-corrected chi connectivity index (χ1v) is 31.4. The first-order chi connectivity index (χ1) is 44.6. The summed E-state index contributed by atoms with van der Waals surface area (Å²) in [5.41, 5.74) is 32.3. The van der Waals surface area contributed by atoms with Crippen LogP contribution in [0.4, 0.5) is 34.1 Å². The second-order valence-electron chi connectivity index (χ2n) is 24.7. The van der Waals surface area contributed by atoms with Crippen LogP contribution in [0.25, 0.3) is 99.4 Å². The summed E-state index contributed by atoms with van der Waals surface area (Å²) < 4.78 is 0. The molecule has 90 heavy (non-hydrogen) atoms. The molecule has 0 bridgehead atoms. The molecule has 15 aromatic rings. The van der Waals surface area contributed by atoms with Crippen LogP contribution in [0.1, 0.15) is 22.3 Å². The van der Waals surface area contributed by atoms with E-state index < -0.39 is 5.41 Å². The maximum atomic E-state index is 2.64. The predicted molar refractivity (Wildman–Crippen MR) is 379 cm³/mol. The molecule has 19 rings (SSSR count). The Morgan fingerprint density at radius 2 is 0.556 bits per heavy atom. The maximum absolute atomic E-state index is 2.64. The fraction of sp³-hybridized carbons (Fsp3) is 0.0115. The highest BCUT2D eigenvalue weighted by atomic mass is 15.2. The molecule has 1 spiro atoms. The highest BCUT2D eigenvalue weighted by molar-refractivity contribution is 7.00. The van der Waals surface area contributed by atoms with Crippen molar-refractivity contribution >= 4 is 78.8 Å². The first kappa shape index (κ1) is 50.6. The van der Waals surface area contributed by atoms with Crippen molar-refractivity contribution in [3.8, 4) is 77.9 Å². The second kappa shape index (κ2) is 19.8. The van der Waals surface area contributed by atoms with Gasteiger partial charge in [-0.15, -0.1) is 0 Å². The van der Waals surface area contributed by atoms with Gasteiger partial charge >= 0.3 is 0 Å². The molecule has 0 aromatic heterocycles. The molecule has 0 saturated heterocycles. The molecular formula is C87H55BN2. The highest BCUT2D eigenvalue weighted by Gasteiger charge is 2.52. The average molecular weight is 1140 g/mol. The highest BCUT2D eigenvalue weighted by Crippen LogP contribution is 2.64. The van der Waals surface area contributed by atoms with Gasteiger partial charge in [-0.3, -0.25) is 0 Å². The fourth-order valence-electron chi connectivity index (χ4n) is 16.1. The van der Waals surface area contributed by atoms with E-state index in [0.29, 0.717) is 0 Å². The molecule has 0 amide bonds. The molecule has 4 aliphatic rings. The standard InChI is InChI=1S/C87H55BN2/c1-5-24-56(25-6-1)64-44-65(57-26-7-2-8-27-57)47-69(46-64)89-81-52-62-34-15-13-32-60(62)50-79(81)88-80-51-61-33-14-16-35-63(61)53-82(80)90(70-48-66(58-28-9-3-10-29-58)45-67(49-70)59-30-11-4-12-31-59)84-55-68(54-83(89)86(84)88)71-39-23-43-78-85(71)74-38-19-22-42-77(74)87(78)75-40-20-17-36-72(75)73-37-18-21-41-76(73)87/h1-55H. The summed E-state index contributed by atoms with van der Waals surface area (Å²) in [6, 6.07) is 126. The number of fused-ring (bicyclic) bond motifs is 16. The van der Waals surface area contributed by atoms with Gasteiger partial charge in [-0.2, -0.15) is 0 Å². The van der Waals surface area contributed by atoms with Gasteiger partial charge in [0.2, 0.25) is 0 Å². The number of hydrogen-bond donors (Lipinski definition) is 0. The van der Waals surface area contributed by atoms with E-state index in [1.54, 1.807) is 0 Å². The quantitative estimate of drug-likeness (QED) is 0.147. The lowest BCUT2D eigenvalue weighted by Gasteiger charge is -2.45. The molecule has 2 nitrogen and oxygen atoms in total. The summed E-state index contributed by atoms with van der Waals surface area (Å²) in [6.07, 6.45) is 0. The van der Waals surface area contributed by atoms with Crippen LogP contribution < -0.4 is 26.2 Å². The van der Waals surface area contributed by atoms with Crippen LogP contribution in [-0.2, 0) is 5.41 Å². The Morgan fingerprint density at radius 1 is 0.222 bits per heavy atom. The van der Waals surface area contributed by atoms with Crippen molar-refractivity contribution in [2.24, 2.45) is 0 Å². The lowest BCUT2D eigenvalue weighted by molar-refractivity contribution is 0.794. The molecule has 2 heterocycles. The Morgan fingerprint density at radius 3 is 0.978 bits per heavy atom. The molecule has 0 saturated carbocycles. The van der Waals surface area contributed by atoms with Crippen LogP contribution >= 0.6 is 0 Å². The van der Waals surface area contributed by atoms with E-state index in [0.717, 1.165) is 50.6 Å². The molecule has 2 aliphatic carbocycles. The zero-order valence-electron chi connectivity index (χ0n) is 49.2. The monoisotopic (exact) mass is 1140 g/mol. The maximum Gasteiger partial charge on any atom is 0.252 e. The van der Waals surface area contributed by atoms with Gasteiger partial charge in [-0.25, -0.2) is 0 Å². The van der Waals surface area contributed by atoms with E-state index in [9.17, 15) is 0 Å². The van der Waals surface area contributed by atoms with Crippen LogP contribution in [0.15, 0.2) is 334 Å². The minimum atomic E-state index is -0.516. The van der Waals surface area contributed by atoms with E-state index >= 15 is 0 Å². The first-order valence-electron chi connectivity index (χ1n) is 31.4. The number of benzene rings is 15. The van der Waals surface area contributed by atoms with Crippen molar-refractivity contribution in [3.63, 3.8) is 0 Å². The largest absolute Gasteiger partial charge is 0.311 e. The third-order valence-corrected chi connectivity index (χ3v) is 19.9. The molecule has 0 atom stereocenters. The summed E-state index contributed by atoms with van der Waals surface area (Å²) >= 11 is 0. The number of rotatable bonds is 7. The van der Waals surface area contributed by atoms with Crippen LogP contribution in [-0.4, -0.2) is 6.71 Å². The van der Waals surface area contributed by atoms with Gasteiger partial charge in [0.15, 0.2) is 0 Å². The van der Waals surface area contributed by atoms with Gasteiger partial charge in [0.25, 0.3) is 6.71 Å². The van der Waals surface area contributed by atoms with Crippen LogP contribution in [0.3, 0.4) is 0 Å². The third kappa shape index (κ3) is 7.47. The lowest BCUT2D eigenvalue weighted by Crippen LogP contribution is -2.61. The van der Waals surface area contributed by atoms with E-state index in [1.165, 1.54) is 122 Å². The average Bonchev–Trinajstić information content (AvgIpc) is 1.33. The number of anilines is 6. The molecule has 0 N–H and O–H groups in total. The van der Waals surface area contributed by atoms with Gasteiger partial charge in [0.1, 0.15) is 0 Å². The molecule has 3 heteroatoms. The van der Waals surface area contributed by atoms with Gasteiger partial charge in [-0.05, 0) is 199 Å². The van der Waals surface area contributed by atoms with Crippen molar-refractivity contribution < 1.29 is 0 Å². The molecule has 0 unspecified atom stereocenters. The van der Waals surface area contributed by atoms with E-state index in [2.05, 4.69) is 343 Å². The molecule has 0 radical (unpaired) electrons. The normalized spacial score (nSPS) is 13.4. The number of hydrogen-bond acceptors (Lipinski definition) is 2. The minimum Gasteiger partial charge on any atom is -0.311 e. The van der Waals surface area contributed by atoms with Crippen LogP contribution in [0.5, 0.6) is 0 Å². The third-order valence-electron chi connectivity index (χ3n) is 19.9. The molecular weight excluding hydrogens is 1080 g/mol. The van der Waals surface area contributed by atoms with E-state index in [4.69, 9.17) is 0 Å². The Balaban J connectivity index is 0.970. The van der Waals surface area contributed by atoms with Crippen molar-refractivity contribution in [3.05, 3.63) is 356 Å². The Kier molecular flexibility index (Phi) is 11.1. The number of nitrogens with zero attached hydrogens (tertiary/aromatic N) is 2. The SMILES string of the molecule is c1ccc(-c2cc(-c3ccccc3)cc(N3c4cc5ccccc5cc4B4c5cc6ccccc6cc5N(c5cc(-c6ccccc6)cc(-c6ccccc6)c5)c5cc(-c6cccc7c6-c6ccccc6C76c7ccccc7-c7ccccc76)cc3c54)c2)cc1. The van der Waals surface area contributed by atoms with Gasteiger partial charge < -0.3 is 9.80 Å². The minimum absolute atomic E-state index is 0.149. The Hall–Kier alpha value is -11.5. The van der Waals surface area contributed by atoms with Gasteiger partial charge in [-0.1, -0.05) is 273 Å². The molecule has 2 aliphatic heterocycles. The zero-order chi connectivity index (χ0) is 59.0. The predicted octanol–water partition coefficient (Wildman–Crippen LogP) is 20.8. The van der Waals surface area contributed by atoms with Crippen molar-refractivity contribution in [2.75, 3.05) is 9.80 Å². The second-order valence-corrected chi connectivity index (χ2v) is 24.7. The van der Waals surface area contributed by atoms with Gasteiger partial charge in [0.05, 0.1) is 5.41 Å². The summed E-state index contributed by atoms with van der Waals surface area (Å²) in [5.74, 6) is 0. The fourth-order valence-corrected chi connectivity index (χ4v) is 16.1. The Labute approximate surface area is 524 Å². The van der Waals surface area contributed by atoms with Crippen LogP contribution in [0.2, 0.25) is 0 Å². The molecule has 15 aromatic carbocycles. The van der Waals surface area contributed by atoms with Crippen molar-refractivity contribution in [1.29, 1.82) is 0 Å². The summed E-state index contributed by atoms with van der Waals surface area (Å²) in [5, 5.41) is 4.84. The van der Waals surface area contributed by atoms with Crippen molar-refractivity contribution in [2.45, 2.75) is 5.41 Å². The Bertz CT molecular complexity index is 5040. The van der Waals surface area contributed by atoms with Crippen LogP contribution in [0, 0.1) is 0 Å². The van der Waals surface area contributed by atoms with Crippen molar-refractivity contribution in [1.82, 2.24) is 0 Å². The zero-order valence-corrected chi connectivity index (χ0v) is 49.2. The van der Waals surface area contributed by atoms with E-state index in [-0.39, 0.29) is 6.71 Å².